The largest absolute Gasteiger partial charge is 0.495 e. The molecule has 27 heavy (non-hydrogen) atoms. The van der Waals surface area contributed by atoms with Crippen LogP contribution in [-0.4, -0.2) is 24.6 Å². The Morgan fingerprint density at radius 2 is 1.89 bits per heavy atom. The summed E-state index contributed by atoms with van der Waals surface area (Å²) in [4.78, 5) is 16.3. The number of hydrogen-bond donors (Lipinski definition) is 2. The number of rotatable bonds is 7. The van der Waals surface area contributed by atoms with Crippen molar-refractivity contribution >= 4 is 23.1 Å². The summed E-state index contributed by atoms with van der Waals surface area (Å²) in [6.45, 7) is 1.94. The summed E-state index contributed by atoms with van der Waals surface area (Å²) in [5.74, 6) is 1.79. The molecule has 138 valence electrons. The fraction of sp³-hybridized carbons (Fsp3) is 0.143. The van der Waals surface area contributed by atoms with Crippen molar-refractivity contribution in [3.63, 3.8) is 0 Å². The smallest absolute Gasteiger partial charge is 0.262 e. The van der Waals surface area contributed by atoms with Crippen LogP contribution >= 0.6 is 0 Å². The van der Waals surface area contributed by atoms with E-state index >= 15 is 0 Å². The Kier molecular flexibility index (Phi) is 5.89. The molecule has 2 N–H and O–H groups in total. The zero-order valence-corrected chi connectivity index (χ0v) is 15.2. The first kappa shape index (κ1) is 18.3. The van der Waals surface area contributed by atoms with Crippen molar-refractivity contribution in [1.29, 1.82) is 0 Å². The molecule has 1 amide bonds. The number of ether oxygens (including phenoxy) is 2. The summed E-state index contributed by atoms with van der Waals surface area (Å²) in [5.41, 5.74) is 2.54. The Morgan fingerprint density at radius 3 is 2.59 bits per heavy atom. The van der Waals surface area contributed by atoms with E-state index in [2.05, 4.69) is 15.6 Å². The molecule has 6 nitrogen and oxygen atoms in total. The maximum atomic E-state index is 12.0. The molecule has 0 radical (unpaired) electrons. The van der Waals surface area contributed by atoms with E-state index in [9.17, 15) is 4.79 Å². The standard InChI is InChI=1S/C21H21N3O3/c1-15-8-10-19(26-2)18(12-15)24-20-11-9-16(13-22-20)23-21(25)14-27-17-6-4-3-5-7-17/h3-13H,14H2,1-2H3,(H,22,24)(H,23,25). The van der Waals surface area contributed by atoms with Gasteiger partial charge in [-0.15, -0.1) is 0 Å². The number of nitrogens with zero attached hydrogens (tertiary/aromatic N) is 1. The van der Waals surface area contributed by atoms with Crippen LogP contribution in [0.4, 0.5) is 17.2 Å². The van der Waals surface area contributed by atoms with Crippen LogP contribution in [0.5, 0.6) is 11.5 Å². The predicted molar refractivity (Wildman–Crippen MR) is 106 cm³/mol. The molecule has 0 saturated carbocycles. The van der Waals surface area contributed by atoms with Gasteiger partial charge < -0.3 is 20.1 Å². The molecule has 3 aromatic rings. The number of hydrogen-bond acceptors (Lipinski definition) is 5. The lowest BCUT2D eigenvalue weighted by atomic mass is 10.2. The number of para-hydroxylation sites is 1. The van der Waals surface area contributed by atoms with E-state index < -0.39 is 0 Å². The summed E-state index contributed by atoms with van der Waals surface area (Å²) in [5, 5.41) is 5.97. The first-order chi connectivity index (χ1) is 13.1. The van der Waals surface area contributed by atoms with E-state index in [1.54, 1.807) is 37.6 Å². The monoisotopic (exact) mass is 363 g/mol. The Hall–Kier alpha value is -3.54. The highest BCUT2D eigenvalue weighted by Gasteiger charge is 2.06. The third-order valence-corrected chi connectivity index (χ3v) is 3.78. The van der Waals surface area contributed by atoms with Crippen LogP contribution in [0.15, 0.2) is 66.9 Å². The second kappa shape index (κ2) is 8.71. The highest BCUT2D eigenvalue weighted by Crippen LogP contribution is 2.28. The first-order valence-electron chi connectivity index (χ1n) is 8.49. The maximum absolute atomic E-state index is 12.0. The molecule has 0 aliphatic heterocycles. The summed E-state index contributed by atoms with van der Waals surface area (Å²) < 4.78 is 10.8. The molecule has 0 atom stereocenters. The molecule has 0 saturated heterocycles. The van der Waals surface area contributed by atoms with Crippen molar-refractivity contribution in [1.82, 2.24) is 4.98 Å². The average Bonchev–Trinajstić information content (AvgIpc) is 2.69. The van der Waals surface area contributed by atoms with Crippen LogP contribution in [0.1, 0.15) is 5.56 Å². The Labute approximate surface area is 158 Å². The van der Waals surface area contributed by atoms with E-state index in [-0.39, 0.29) is 12.5 Å². The second-order valence-electron chi connectivity index (χ2n) is 5.91. The minimum absolute atomic E-state index is 0.0650. The van der Waals surface area contributed by atoms with Gasteiger partial charge in [-0.05, 0) is 48.9 Å². The Bertz CT molecular complexity index is 896. The molecular weight excluding hydrogens is 342 g/mol. The molecule has 0 unspecified atom stereocenters. The van der Waals surface area contributed by atoms with Crippen LogP contribution in [-0.2, 0) is 4.79 Å². The highest BCUT2D eigenvalue weighted by atomic mass is 16.5. The maximum Gasteiger partial charge on any atom is 0.262 e. The fourth-order valence-electron chi connectivity index (χ4n) is 2.46. The van der Waals surface area contributed by atoms with Gasteiger partial charge in [-0.2, -0.15) is 0 Å². The third kappa shape index (κ3) is 5.22. The number of carbonyl (C=O) groups excluding carboxylic acids is 1. The number of pyridine rings is 1. The lowest BCUT2D eigenvalue weighted by Crippen LogP contribution is -2.20. The molecule has 0 spiro atoms. The number of aromatic nitrogens is 1. The lowest BCUT2D eigenvalue weighted by molar-refractivity contribution is -0.118. The van der Waals surface area contributed by atoms with Gasteiger partial charge in [-0.3, -0.25) is 4.79 Å². The van der Waals surface area contributed by atoms with Gasteiger partial charge in [0.25, 0.3) is 5.91 Å². The molecule has 0 fully saturated rings. The Balaban J connectivity index is 1.57. The van der Waals surface area contributed by atoms with Gasteiger partial charge in [0.2, 0.25) is 0 Å². The van der Waals surface area contributed by atoms with Gasteiger partial charge in [0.15, 0.2) is 6.61 Å². The van der Waals surface area contributed by atoms with E-state index in [1.807, 2.05) is 43.3 Å². The molecule has 6 heteroatoms. The van der Waals surface area contributed by atoms with Crippen molar-refractivity contribution < 1.29 is 14.3 Å². The summed E-state index contributed by atoms with van der Waals surface area (Å²) in [7, 11) is 1.62. The van der Waals surface area contributed by atoms with Crippen molar-refractivity contribution in [3.8, 4) is 11.5 Å². The van der Waals surface area contributed by atoms with Crippen LogP contribution in [0.25, 0.3) is 0 Å². The second-order valence-corrected chi connectivity index (χ2v) is 5.91. The zero-order chi connectivity index (χ0) is 19.1. The molecule has 2 aromatic carbocycles. The van der Waals surface area contributed by atoms with Gasteiger partial charge in [-0.25, -0.2) is 4.98 Å². The molecule has 0 bridgehead atoms. The Morgan fingerprint density at radius 1 is 1.07 bits per heavy atom. The molecule has 1 heterocycles. The van der Waals surface area contributed by atoms with Gasteiger partial charge in [0.05, 0.1) is 24.7 Å². The molecule has 0 aliphatic rings. The number of carbonyl (C=O) groups is 1. The normalized spacial score (nSPS) is 10.1. The van der Waals surface area contributed by atoms with Crippen LogP contribution in [0.3, 0.4) is 0 Å². The van der Waals surface area contributed by atoms with Gasteiger partial charge in [0, 0.05) is 0 Å². The SMILES string of the molecule is COc1ccc(C)cc1Nc1ccc(NC(=O)COc2ccccc2)cn1. The van der Waals surface area contributed by atoms with E-state index in [0.29, 0.717) is 17.3 Å². The van der Waals surface area contributed by atoms with Crippen molar-refractivity contribution in [2.24, 2.45) is 0 Å². The minimum Gasteiger partial charge on any atom is -0.495 e. The number of methoxy groups -OCH3 is 1. The molecule has 1 aromatic heterocycles. The van der Waals surface area contributed by atoms with Gasteiger partial charge >= 0.3 is 0 Å². The van der Waals surface area contributed by atoms with Crippen LogP contribution < -0.4 is 20.1 Å². The number of benzene rings is 2. The van der Waals surface area contributed by atoms with Gasteiger partial charge in [-0.1, -0.05) is 24.3 Å². The topological polar surface area (TPSA) is 72.5 Å². The van der Waals surface area contributed by atoms with E-state index in [0.717, 1.165) is 17.0 Å². The van der Waals surface area contributed by atoms with Crippen molar-refractivity contribution in [2.45, 2.75) is 6.92 Å². The van der Waals surface area contributed by atoms with Crippen LogP contribution in [0.2, 0.25) is 0 Å². The summed E-state index contributed by atoms with van der Waals surface area (Å²) in [6, 6.07) is 18.6. The number of anilines is 3. The number of amides is 1. The number of nitrogens with one attached hydrogen (secondary N) is 2. The van der Waals surface area contributed by atoms with Crippen molar-refractivity contribution in [3.05, 3.63) is 72.4 Å². The molecule has 3 rings (SSSR count). The fourth-order valence-corrected chi connectivity index (χ4v) is 2.46. The molecular formula is C21H21N3O3. The van der Waals surface area contributed by atoms with Gasteiger partial charge in [0.1, 0.15) is 17.3 Å². The zero-order valence-electron chi connectivity index (χ0n) is 15.2. The summed E-state index contributed by atoms with van der Waals surface area (Å²) >= 11 is 0. The van der Waals surface area contributed by atoms with Crippen molar-refractivity contribution in [2.75, 3.05) is 24.4 Å². The average molecular weight is 363 g/mol. The highest BCUT2D eigenvalue weighted by molar-refractivity contribution is 5.91. The molecule has 0 aliphatic carbocycles. The third-order valence-electron chi connectivity index (χ3n) is 3.78. The van der Waals surface area contributed by atoms with E-state index in [1.165, 1.54) is 0 Å². The van der Waals surface area contributed by atoms with E-state index in [4.69, 9.17) is 9.47 Å². The quantitative estimate of drug-likeness (QED) is 0.659. The first-order valence-corrected chi connectivity index (χ1v) is 8.49. The minimum atomic E-state index is -0.248. The number of aryl methyl sites for hydroxylation is 1. The lowest BCUT2D eigenvalue weighted by Gasteiger charge is -2.12. The predicted octanol–water partition coefficient (Wildman–Crippen LogP) is 4.16. The summed E-state index contributed by atoms with van der Waals surface area (Å²) in [6.07, 6.45) is 1.59. The van der Waals surface area contributed by atoms with Crippen LogP contribution in [0, 0.1) is 6.92 Å².